The van der Waals surface area contributed by atoms with Crippen molar-refractivity contribution in [2.24, 2.45) is 0 Å². The molecule has 0 aliphatic rings. The lowest BCUT2D eigenvalue weighted by molar-refractivity contribution is 0.470. The molecule has 2 heterocycles. The van der Waals surface area contributed by atoms with E-state index in [2.05, 4.69) is 9.97 Å². The zero-order valence-electron chi connectivity index (χ0n) is 7.52. The van der Waals surface area contributed by atoms with E-state index in [0.29, 0.717) is 16.5 Å². The third-order valence-electron chi connectivity index (χ3n) is 1.61. The van der Waals surface area contributed by atoms with Gasteiger partial charge >= 0.3 is 0 Å². The maximum atomic E-state index is 12.7. The van der Waals surface area contributed by atoms with Gasteiger partial charge in [0.25, 0.3) is 0 Å². The molecule has 0 bridgehead atoms. The van der Waals surface area contributed by atoms with Gasteiger partial charge in [0.05, 0.1) is 11.2 Å². The largest absolute Gasteiger partial charge is 0.455 e. The molecule has 0 amide bonds. The molecule has 3 nitrogen and oxygen atoms in total. The second-order valence-corrected chi connectivity index (χ2v) is 3.19. The van der Waals surface area contributed by atoms with E-state index in [4.69, 9.17) is 16.3 Å². The lowest BCUT2D eigenvalue weighted by Gasteiger charge is -2.04. The SMILES string of the molecule is Fc1cc(Oc2cncc(Cl)c2)ccn1. The average molecular weight is 225 g/mol. The highest BCUT2D eigenvalue weighted by Gasteiger charge is 2.00. The van der Waals surface area contributed by atoms with Crippen LogP contribution in [0.1, 0.15) is 0 Å². The Morgan fingerprint density at radius 3 is 2.80 bits per heavy atom. The summed E-state index contributed by atoms with van der Waals surface area (Å²) in [5.74, 6) is 0.210. The Labute approximate surface area is 90.5 Å². The van der Waals surface area contributed by atoms with Crippen molar-refractivity contribution in [2.45, 2.75) is 0 Å². The minimum atomic E-state index is -0.595. The molecule has 0 saturated carbocycles. The van der Waals surface area contributed by atoms with Gasteiger partial charge in [-0.05, 0) is 6.07 Å². The number of rotatable bonds is 2. The molecule has 0 N–H and O–H groups in total. The molecular weight excluding hydrogens is 219 g/mol. The lowest BCUT2D eigenvalue weighted by Crippen LogP contribution is -1.87. The first-order valence-electron chi connectivity index (χ1n) is 4.14. The lowest BCUT2D eigenvalue weighted by atomic mass is 10.4. The van der Waals surface area contributed by atoms with Crippen molar-refractivity contribution in [3.8, 4) is 11.5 Å². The smallest absolute Gasteiger partial charge is 0.216 e. The maximum absolute atomic E-state index is 12.7. The molecular formula is C10H6ClFN2O. The standard InChI is InChI=1S/C10H6ClFN2O/c11-7-3-9(6-13-5-7)15-8-1-2-14-10(12)4-8/h1-6H. The van der Waals surface area contributed by atoms with Crippen LogP contribution in [-0.2, 0) is 0 Å². The molecule has 0 atom stereocenters. The van der Waals surface area contributed by atoms with E-state index in [1.54, 1.807) is 12.1 Å². The van der Waals surface area contributed by atoms with E-state index >= 15 is 0 Å². The monoisotopic (exact) mass is 224 g/mol. The van der Waals surface area contributed by atoms with E-state index in [9.17, 15) is 4.39 Å². The van der Waals surface area contributed by atoms with Gasteiger partial charge < -0.3 is 4.74 Å². The fourth-order valence-electron chi connectivity index (χ4n) is 1.03. The van der Waals surface area contributed by atoms with E-state index in [-0.39, 0.29) is 0 Å². The van der Waals surface area contributed by atoms with E-state index in [1.165, 1.54) is 24.7 Å². The van der Waals surface area contributed by atoms with Crippen molar-refractivity contribution in [1.82, 2.24) is 9.97 Å². The minimum absolute atomic E-state index is 0.353. The number of ether oxygens (including phenoxy) is 1. The van der Waals surface area contributed by atoms with Gasteiger partial charge in [-0.2, -0.15) is 4.39 Å². The summed E-state index contributed by atoms with van der Waals surface area (Å²) in [5.41, 5.74) is 0. The van der Waals surface area contributed by atoms with Gasteiger partial charge in [-0.1, -0.05) is 11.6 Å². The summed E-state index contributed by atoms with van der Waals surface area (Å²) in [7, 11) is 0. The molecule has 2 rings (SSSR count). The normalized spacial score (nSPS) is 10.0. The molecule has 0 aliphatic heterocycles. The molecule has 0 spiro atoms. The molecule has 0 aromatic carbocycles. The molecule has 2 aromatic rings. The summed E-state index contributed by atoms with van der Waals surface area (Å²) >= 11 is 5.71. The predicted octanol–water partition coefficient (Wildman–Crippen LogP) is 3.06. The average Bonchev–Trinajstić information content (AvgIpc) is 2.17. The quantitative estimate of drug-likeness (QED) is 0.736. The zero-order chi connectivity index (χ0) is 10.7. The third kappa shape index (κ3) is 2.63. The van der Waals surface area contributed by atoms with Gasteiger partial charge in [0.1, 0.15) is 11.5 Å². The first kappa shape index (κ1) is 9.86. The highest BCUT2D eigenvalue weighted by Crippen LogP contribution is 2.22. The van der Waals surface area contributed by atoms with Crippen molar-refractivity contribution in [1.29, 1.82) is 0 Å². The first-order chi connectivity index (χ1) is 7.24. The van der Waals surface area contributed by atoms with Crippen LogP contribution in [0.3, 0.4) is 0 Å². The fourth-order valence-corrected chi connectivity index (χ4v) is 1.20. The van der Waals surface area contributed by atoms with Crippen LogP contribution in [-0.4, -0.2) is 9.97 Å². The number of hydrogen-bond donors (Lipinski definition) is 0. The summed E-state index contributed by atoms with van der Waals surface area (Å²) in [6.07, 6.45) is 4.30. The zero-order valence-corrected chi connectivity index (χ0v) is 8.28. The molecule has 2 aromatic heterocycles. The highest BCUT2D eigenvalue weighted by atomic mass is 35.5. The van der Waals surface area contributed by atoms with Crippen LogP contribution >= 0.6 is 11.6 Å². The molecule has 76 valence electrons. The van der Waals surface area contributed by atoms with Crippen LogP contribution in [0.25, 0.3) is 0 Å². The Balaban J connectivity index is 2.22. The van der Waals surface area contributed by atoms with Gasteiger partial charge in [-0.15, -0.1) is 0 Å². The van der Waals surface area contributed by atoms with Crippen LogP contribution < -0.4 is 4.74 Å². The van der Waals surface area contributed by atoms with Gasteiger partial charge in [0.2, 0.25) is 5.95 Å². The fraction of sp³-hybridized carbons (Fsp3) is 0. The van der Waals surface area contributed by atoms with Crippen molar-refractivity contribution < 1.29 is 9.13 Å². The van der Waals surface area contributed by atoms with Crippen LogP contribution in [0.2, 0.25) is 5.02 Å². The van der Waals surface area contributed by atoms with E-state index in [0.717, 1.165) is 0 Å². The van der Waals surface area contributed by atoms with Crippen molar-refractivity contribution in [2.75, 3.05) is 0 Å². The van der Waals surface area contributed by atoms with Crippen LogP contribution in [0.15, 0.2) is 36.8 Å². The molecule has 0 fully saturated rings. The summed E-state index contributed by atoms with van der Waals surface area (Å²) in [4.78, 5) is 7.25. The molecule has 0 radical (unpaired) electrons. The first-order valence-corrected chi connectivity index (χ1v) is 4.52. The van der Waals surface area contributed by atoms with Gasteiger partial charge in [-0.3, -0.25) is 4.98 Å². The van der Waals surface area contributed by atoms with Gasteiger partial charge in [0.15, 0.2) is 0 Å². The third-order valence-corrected chi connectivity index (χ3v) is 1.82. The van der Waals surface area contributed by atoms with Crippen molar-refractivity contribution in [3.63, 3.8) is 0 Å². The Bertz CT molecular complexity index is 435. The minimum Gasteiger partial charge on any atom is -0.455 e. The van der Waals surface area contributed by atoms with E-state index in [1.807, 2.05) is 0 Å². The molecule has 0 saturated heterocycles. The molecule has 5 heteroatoms. The second kappa shape index (κ2) is 4.23. The van der Waals surface area contributed by atoms with Crippen LogP contribution in [0.5, 0.6) is 11.5 Å². The number of hydrogen-bond acceptors (Lipinski definition) is 3. The predicted molar refractivity (Wildman–Crippen MR) is 53.5 cm³/mol. The van der Waals surface area contributed by atoms with Crippen molar-refractivity contribution in [3.05, 3.63) is 47.8 Å². The Morgan fingerprint density at radius 2 is 2.07 bits per heavy atom. The Morgan fingerprint density at radius 1 is 1.20 bits per heavy atom. The summed E-state index contributed by atoms with van der Waals surface area (Å²) < 4.78 is 18.0. The second-order valence-electron chi connectivity index (χ2n) is 2.76. The maximum Gasteiger partial charge on any atom is 0.216 e. The number of nitrogens with zero attached hydrogens (tertiary/aromatic N) is 2. The number of pyridine rings is 2. The Kier molecular flexibility index (Phi) is 2.78. The summed E-state index contributed by atoms with van der Waals surface area (Å²) in [6.45, 7) is 0. The molecule has 0 unspecified atom stereocenters. The molecule has 0 aliphatic carbocycles. The van der Waals surface area contributed by atoms with Crippen molar-refractivity contribution >= 4 is 11.6 Å². The summed E-state index contributed by atoms with van der Waals surface area (Å²) in [6, 6.07) is 4.32. The summed E-state index contributed by atoms with van der Waals surface area (Å²) in [5, 5.41) is 0.460. The number of halogens is 2. The van der Waals surface area contributed by atoms with Crippen LogP contribution in [0, 0.1) is 5.95 Å². The highest BCUT2D eigenvalue weighted by molar-refractivity contribution is 6.30. The van der Waals surface area contributed by atoms with E-state index < -0.39 is 5.95 Å². The van der Waals surface area contributed by atoms with Gasteiger partial charge in [-0.25, -0.2) is 4.98 Å². The molecule has 15 heavy (non-hydrogen) atoms. The number of aromatic nitrogens is 2. The Hall–Kier alpha value is -1.68. The van der Waals surface area contributed by atoms with Crippen LogP contribution in [0.4, 0.5) is 4.39 Å². The topological polar surface area (TPSA) is 35.0 Å². The van der Waals surface area contributed by atoms with Gasteiger partial charge in [0, 0.05) is 24.5 Å².